The smallest absolute Gasteiger partial charge is 0.262 e. The molecule has 55 heavy (non-hydrogen) atoms. The van der Waals surface area contributed by atoms with Gasteiger partial charge in [-0.3, -0.25) is 0 Å². The van der Waals surface area contributed by atoms with Gasteiger partial charge in [0.2, 0.25) is 0 Å². The lowest BCUT2D eigenvalue weighted by atomic mass is 9.50. The van der Waals surface area contributed by atoms with E-state index in [2.05, 4.69) is 145 Å². The first-order valence-electron chi connectivity index (χ1n) is 21.3. The summed E-state index contributed by atoms with van der Waals surface area (Å²) in [6, 6.07) is 10.0. The van der Waals surface area contributed by atoms with Gasteiger partial charge < -0.3 is 18.9 Å². The molecule has 0 saturated heterocycles. The molecule has 0 bridgehead atoms. The molecular weight excluding hydrogens is 727 g/mol. The molecule has 5 rings (SSSR count). The summed E-state index contributed by atoms with van der Waals surface area (Å²) in [6.07, 6.45) is 14.4. The van der Waals surface area contributed by atoms with E-state index in [1.54, 1.807) is 11.1 Å². The molecule has 0 amide bonds. The number of thiocarbonyl (C=S) groups is 1. The van der Waals surface area contributed by atoms with E-state index >= 15 is 0 Å². The average molecular weight is 802 g/mol. The summed E-state index contributed by atoms with van der Waals surface area (Å²) in [7, 11) is -3.96. The summed E-state index contributed by atoms with van der Waals surface area (Å²) in [5.74, 6) is 8.90. The fourth-order valence-electron chi connectivity index (χ4n) is 9.92. The lowest BCUT2D eigenvalue weighted by molar-refractivity contribution is 0.0625. The Bertz CT molecular complexity index is 1740. The van der Waals surface area contributed by atoms with Crippen LogP contribution >= 0.6 is 12.2 Å². The minimum absolute atomic E-state index is 0.0484. The quantitative estimate of drug-likeness (QED) is 0.110. The maximum atomic E-state index is 7.15. The van der Waals surface area contributed by atoms with Gasteiger partial charge in [0, 0.05) is 17.7 Å². The largest absolute Gasteiger partial charge is 0.454 e. The van der Waals surface area contributed by atoms with Crippen LogP contribution in [0.2, 0.25) is 36.3 Å². The van der Waals surface area contributed by atoms with Crippen molar-refractivity contribution in [2.45, 2.75) is 176 Å². The standard InChI is InChI=1S/C48H75NO3SSi2/c1-33(2)46(9,10)55(15,16)51-37-26-30-47(11)35(32-37)22-23-38-40-25-24-39(48(40,12)31-27-41(38)47)34(3)42(50-43(53)49-36-20-18-17-19-21-36)28-29-45(7,8)52-54(13,14)44(4,5)6/h17-24,33-34,37,40-42H,25-27,30-32H2,1-16H3,(H,49,53)/t34-,37-,40-,41-,42?,47-,48+/m0/s1. The number of fused-ring (bicyclic) bond motifs is 5. The summed E-state index contributed by atoms with van der Waals surface area (Å²) < 4.78 is 20.6. The molecule has 0 heterocycles. The van der Waals surface area contributed by atoms with Crippen LogP contribution in [-0.2, 0) is 13.6 Å². The van der Waals surface area contributed by atoms with Crippen LogP contribution in [0.1, 0.15) is 122 Å². The van der Waals surface area contributed by atoms with Crippen LogP contribution in [0, 0.1) is 46.3 Å². The second-order valence-corrected chi connectivity index (χ2v) is 31.0. The maximum absolute atomic E-state index is 7.15. The summed E-state index contributed by atoms with van der Waals surface area (Å²) in [6.45, 7) is 37.5. The van der Waals surface area contributed by atoms with E-state index < -0.39 is 28.3 Å². The maximum Gasteiger partial charge on any atom is 0.262 e. The lowest BCUT2D eigenvalue weighted by Gasteiger charge is -2.55. The van der Waals surface area contributed by atoms with E-state index in [1.807, 2.05) is 30.3 Å². The van der Waals surface area contributed by atoms with Crippen molar-refractivity contribution in [2.75, 3.05) is 5.32 Å². The molecule has 1 aromatic rings. The first kappa shape index (κ1) is 44.2. The lowest BCUT2D eigenvalue weighted by Crippen LogP contribution is -2.50. The predicted molar refractivity (Wildman–Crippen MR) is 243 cm³/mol. The number of para-hydroxylation sites is 1. The van der Waals surface area contributed by atoms with Gasteiger partial charge in [-0.25, -0.2) is 0 Å². The predicted octanol–water partition coefficient (Wildman–Crippen LogP) is 13.7. The van der Waals surface area contributed by atoms with Crippen LogP contribution in [0.5, 0.6) is 0 Å². The number of anilines is 1. The Hall–Kier alpha value is -1.96. The van der Waals surface area contributed by atoms with Gasteiger partial charge in [0.25, 0.3) is 5.17 Å². The van der Waals surface area contributed by atoms with E-state index in [1.165, 1.54) is 24.8 Å². The van der Waals surface area contributed by atoms with Crippen molar-refractivity contribution in [1.82, 2.24) is 0 Å². The van der Waals surface area contributed by atoms with Crippen molar-refractivity contribution in [2.24, 2.45) is 34.5 Å². The number of ether oxygens (including phenoxy) is 1. The van der Waals surface area contributed by atoms with Gasteiger partial charge in [-0.05, 0) is 142 Å². The van der Waals surface area contributed by atoms with Crippen LogP contribution in [0.15, 0.2) is 65.3 Å². The van der Waals surface area contributed by atoms with Crippen molar-refractivity contribution in [3.8, 4) is 11.8 Å². The second-order valence-electron chi connectivity index (χ2n) is 21.3. The number of benzene rings is 1. The van der Waals surface area contributed by atoms with Gasteiger partial charge in [-0.2, -0.15) is 0 Å². The highest BCUT2D eigenvalue weighted by Gasteiger charge is 2.56. The highest BCUT2D eigenvalue weighted by molar-refractivity contribution is 7.80. The fraction of sp³-hybridized carbons (Fsp3) is 0.688. The Labute approximate surface area is 344 Å². The number of hydrogen-bond acceptors (Lipinski definition) is 4. The van der Waals surface area contributed by atoms with Crippen LogP contribution in [0.4, 0.5) is 5.69 Å². The van der Waals surface area contributed by atoms with Crippen LogP contribution in [0.3, 0.4) is 0 Å². The SMILES string of the molecule is CC(C)C(C)(C)[Si](C)(C)O[C@H]1CC[C@@]2(C)C(=CC=C3[C@@H]2CC[C@]2(C)C([C@H](C)C(C#CC(C)(C)O[Si](C)(C)C(C)(C)C)OC(=S)Nc4ccccc4)=CC[C@@H]32)C1. The minimum atomic E-state index is -2.05. The van der Waals surface area contributed by atoms with E-state index in [9.17, 15) is 0 Å². The summed E-state index contributed by atoms with van der Waals surface area (Å²) >= 11 is 5.84. The molecule has 7 heteroatoms. The highest BCUT2D eigenvalue weighted by atomic mass is 32.1. The third-order valence-electron chi connectivity index (χ3n) is 15.7. The molecule has 1 unspecified atom stereocenters. The van der Waals surface area contributed by atoms with Gasteiger partial charge in [-0.1, -0.05) is 134 Å². The Kier molecular flexibility index (Phi) is 12.6. The van der Waals surface area contributed by atoms with Crippen molar-refractivity contribution in [1.29, 1.82) is 0 Å². The fourth-order valence-corrected chi connectivity index (χ4v) is 14.5. The number of hydrogen-bond donors (Lipinski definition) is 1. The van der Waals surface area contributed by atoms with Gasteiger partial charge in [-0.15, -0.1) is 0 Å². The molecule has 7 atom stereocenters. The molecule has 1 N–H and O–H groups in total. The summed E-state index contributed by atoms with van der Waals surface area (Å²) in [5.41, 5.74) is 5.31. The number of rotatable bonds is 10. The van der Waals surface area contributed by atoms with E-state index in [4.69, 9.17) is 25.8 Å². The molecule has 4 aliphatic rings. The summed E-state index contributed by atoms with van der Waals surface area (Å²) in [5, 5.41) is 3.98. The van der Waals surface area contributed by atoms with Crippen molar-refractivity contribution in [3.63, 3.8) is 0 Å². The first-order valence-corrected chi connectivity index (χ1v) is 27.5. The molecule has 4 nitrogen and oxygen atoms in total. The van der Waals surface area contributed by atoms with E-state index in [0.717, 1.165) is 24.9 Å². The molecule has 0 aliphatic heterocycles. The average Bonchev–Trinajstić information content (AvgIpc) is 3.43. The van der Waals surface area contributed by atoms with Gasteiger partial charge in [0.1, 0.15) is 5.60 Å². The number of nitrogens with one attached hydrogen (secondary N) is 1. The van der Waals surface area contributed by atoms with Gasteiger partial charge in [0.05, 0.1) is 0 Å². The minimum Gasteiger partial charge on any atom is -0.454 e. The molecule has 2 fully saturated rings. The third-order valence-corrected chi connectivity index (χ3v) is 25.1. The Morgan fingerprint density at radius 3 is 2.13 bits per heavy atom. The van der Waals surface area contributed by atoms with Crippen LogP contribution < -0.4 is 5.32 Å². The molecule has 0 radical (unpaired) electrons. The van der Waals surface area contributed by atoms with Crippen LogP contribution in [0.25, 0.3) is 0 Å². The van der Waals surface area contributed by atoms with E-state index in [0.29, 0.717) is 29.0 Å². The normalized spacial score (nSPS) is 28.3. The number of allylic oxidation sites excluding steroid dienone is 4. The highest BCUT2D eigenvalue weighted by Crippen LogP contribution is 2.65. The van der Waals surface area contributed by atoms with Crippen LogP contribution in [-0.4, -0.2) is 39.6 Å². The van der Waals surface area contributed by atoms with Gasteiger partial charge >= 0.3 is 0 Å². The van der Waals surface area contributed by atoms with Crippen molar-refractivity contribution >= 4 is 39.7 Å². The topological polar surface area (TPSA) is 39.7 Å². The first-order chi connectivity index (χ1) is 25.2. The summed E-state index contributed by atoms with van der Waals surface area (Å²) in [4.78, 5) is 0. The van der Waals surface area contributed by atoms with Crippen molar-refractivity contribution in [3.05, 3.63) is 65.3 Å². The monoisotopic (exact) mass is 802 g/mol. The zero-order valence-corrected chi connectivity index (χ0v) is 40.3. The Morgan fingerprint density at radius 2 is 1.51 bits per heavy atom. The Morgan fingerprint density at radius 1 is 0.873 bits per heavy atom. The Balaban J connectivity index is 1.39. The molecular formula is C48H75NO3SSi2. The molecule has 1 aromatic carbocycles. The zero-order valence-electron chi connectivity index (χ0n) is 37.5. The molecule has 2 saturated carbocycles. The zero-order chi connectivity index (χ0) is 41.0. The molecule has 0 aromatic heterocycles. The molecule has 0 spiro atoms. The van der Waals surface area contributed by atoms with Gasteiger partial charge in [0.15, 0.2) is 22.7 Å². The van der Waals surface area contributed by atoms with Crippen molar-refractivity contribution < 1.29 is 13.6 Å². The van der Waals surface area contributed by atoms with E-state index in [-0.39, 0.29) is 26.8 Å². The second kappa shape index (κ2) is 15.7. The third kappa shape index (κ3) is 8.90. The molecule has 304 valence electrons. The molecule has 4 aliphatic carbocycles.